The van der Waals surface area contributed by atoms with E-state index in [4.69, 9.17) is 9.98 Å². The van der Waals surface area contributed by atoms with Gasteiger partial charge in [-0.2, -0.15) is 0 Å². The van der Waals surface area contributed by atoms with Crippen LogP contribution in [0.5, 0.6) is 0 Å². The largest absolute Gasteiger partial charge is 0.346 e. The molecule has 0 aromatic carbocycles. The van der Waals surface area contributed by atoms with Crippen molar-refractivity contribution in [3.8, 4) is 0 Å². The van der Waals surface area contributed by atoms with E-state index < -0.39 is 0 Å². The lowest BCUT2D eigenvalue weighted by Gasteiger charge is -2.20. The lowest BCUT2D eigenvalue weighted by atomic mass is 10.0. The van der Waals surface area contributed by atoms with Gasteiger partial charge in [0.2, 0.25) is 0 Å². The minimum atomic E-state index is 0.862. The SMILES string of the molecule is CCC(=N/C=C(\C)n1ccnc1C)C1=NC(CC)=C(NC(C)=NC)CC1. The van der Waals surface area contributed by atoms with Gasteiger partial charge in [0.15, 0.2) is 0 Å². The zero-order valence-electron chi connectivity index (χ0n) is 16.8. The van der Waals surface area contributed by atoms with Crippen molar-refractivity contribution in [2.75, 3.05) is 7.05 Å². The van der Waals surface area contributed by atoms with Crippen molar-refractivity contribution in [3.63, 3.8) is 0 Å². The summed E-state index contributed by atoms with van der Waals surface area (Å²) < 4.78 is 2.03. The van der Waals surface area contributed by atoms with E-state index in [1.165, 1.54) is 5.70 Å². The molecule has 140 valence electrons. The van der Waals surface area contributed by atoms with Crippen LogP contribution in [0.1, 0.15) is 59.2 Å². The summed E-state index contributed by atoms with van der Waals surface area (Å²) in [7, 11) is 1.80. The molecule has 0 saturated carbocycles. The molecule has 6 nitrogen and oxygen atoms in total. The van der Waals surface area contributed by atoms with Gasteiger partial charge in [-0.15, -0.1) is 0 Å². The van der Waals surface area contributed by atoms with Gasteiger partial charge in [0.05, 0.1) is 23.0 Å². The van der Waals surface area contributed by atoms with Gasteiger partial charge in [-0.25, -0.2) is 4.98 Å². The number of nitrogens with zero attached hydrogens (tertiary/aromatic N) is 5. The molecule has 26 heavy (non-hydrogen) atoms. The number of hydrogen-bond acceptors (Lipinski definition) is 4. The molecule has 0 bridgehead atoms. The molecule has 1 N–H and O–H groups in total. The number of hydrogen-bond donors (Lipinski definition) is 1. The molecule has 0 aliphatic carbocycles. The Morgan fingerprint density at radius 1 is 1.31 bits per heavy atom. The summed E-state index contributed by atoms with van der Waals surface area (Å²) in [6.07, 6.45) is 9.26. The summed E-state index contributed by atoms with van der Waals surface area (Å²) in [5, 5.41) is 3.38. The van der Waals surface area contributed by atoms with Crippen LogP contribution in [0.4, 0.5) is 0 Å². The monoisotopic (exact) mass is 354 g/mol. The fourth-order valence-corrected chi connectivity index (χ4v) is 2.94. The molecule has 0 spiro atoms. The summed E-state index contributed by atoms with van der Waals surface area (Å²) >= 11 is 0. The molecule has 0 amide bonds. The van der Waals surface area contributed by atoms with E-state index in [0.29, 0.717) is 0 Å². The molecule has 2 heterocycles. The third-order valence-electron chi connectivity index (χ3n) is 4.51. The Morgan fingerprint density at radius 3 is 2.65 bits per heavy atom. The normalized spacial score (nSPS) is 16.8. The minimum Gasteiger partial charge on any atom is -0.346 e. The average molecular weight is 355 g/mol. The van der Waals surface area contributed by atoms with Gasteiger partial charge in [0.25, 0.3) is 0 Å². The fourth-order valence-electron chi connectivity index (χ4n) is 2.94. The van der Waals surface area contributed by atoms with E-state index in [-0.39, 0.29) is 0 Å². The van der Waals surface area contributed by atoms with Gasteiger partial charge in [0, 0.05) is 37.0 Å². The number of aliphatic imine (C=N–C) groups is 3. The Kier molecular flexibility index (Phi) is 7.06. The lowest BCUT2D eigenvalue weighted by molar-refractivity contribution is 0.838. The second kappa shape index (κ2) is 9.27. The third-order valence-corrected chi connectivity index (χ3v) is 4.51. The van der Waals surface area contributed by atoms with Gasteiger partial charge >= 0.3 is 0 Å². The topological polar surface area (TPSA) is 66.9 Å². The first-order valence-corrected chi connectivity index (χ1v) is 9.24. The van der Waals surface area contributed by atoms with Crippen LogP contribution in [-0.4, -0.2) is 33.9 Å². The maximum atomic E-state index is 4.90. The maximum absolute atomic E-state index is 4.90. The first kappa shape index (κ1) is 19.8. The zero-order chi connectivity index (χ0) is 19.1. The van der Waals surface area contributed by atoms with E-state index >= 15 is 0 Å². The second-order valence-electron chi connectivity index (χ2n) is 6.32. The highest BCUT2D eigenvalue weighted by Crippen LogP contribution is 2.21. The van der Waals surface area contributed by atoms with Gasteiger partial charge in [-0.3, -0.25) is 15.0 Å². The van der Waals surface area contributed by atoms with Gasteiger partial charge < -0.3 is 9.88 Å². The van der Waals surface area contributed by atoms with Crippen LogP contribution in [0.3, 0.4) is 0 Å². The average Bonchev–Trinajstić information content (AvgIpc) is 3.08. The van der Waals surface area contributed by atoms with Crippen molar-refractivity contribution in [2.24, 2.45) is 15.0 Å². The number of imidazole rings is 1. The first-order valence-electron chi connectivity index (χ1n) is 9.24. The second-order valence-corrected chi connectivity index (χ2v) is 6.32. The predicted molar refractivity (Wildman–Crippen MR) is 111 cm³/mol. The zero-order valence-corrected chi connectivity index (χ0v) is 16.8. The quantitative estimate of drug-likeness (QED) is 0.609. The van der Waals surface area contributed by atoms with E-state index in [2.05, 4.69) is 29.1 Å². The number of nitrogens with one attached hydrogen (secondary N) is 1. The summed E-state index contributed by atoms with van der Waals surface area (Å²) in [6.45, 7) is 10.3. The molecule has 2 rings (SSSR count). The van der Waals surface area contributed by atoms with Gasteiger partial charge in [-0.05, 0) is 46.5 Å². The van der Waals surface area contributed by atoms with Crippen molar-refractivity contribution >= 4 is 23.0 Å². The van der Waals surface area contributed by atoms with Crippen molar-refractivity contribution in [3.05, 3.63) is 35.8 Å². The Hall–Kier alpha value is -2.50. The van der Waals surface area contributed by atoms with Crippen molar-refractivity contribution < 1.29 is 0 Å². The maximum Gasteiger partial charge on any atom is 0.109 e. The van der Waals surface area contributed by atoms with Crippen LogP contribution in [0.2, 0.25) is 0 Å². The molecular weight excluding hydrogens is 324 g/mol. The minimum absolute atomic E-state index is 0.862. The van der Waals surface area contributed by atoms with Crippen LogP contribution in [-0.2, 0) is 0 Å². The summed E-state index contributed by atoms with van der Waals surface area (Å²) in [6, 6.07) is 0. The molecule has 1 aromatic heterocycles. The molecule has 0 saturated heterocycles. The molecule has 0 atom stereocenters. The number of allylic oxidation sites excluding steroid dienone is 3. The first-order chi connectivity index (χ1) is 12.5. The number of amidine groups is 1. The van der Waals surface area contributed by atoms with E-state index in [1.54, 1.807) is 13.2 Å². The molecular formula is C20H30N6. The molecule has 0 radical (unpaired) electrons. The summed E-state index contributed by atoms with van der Waals surface area (Å²) in [5.41, 5.74) is 5.46. The standard InChI is InChI=1S/C20H30N6/c1-7-17(23-13-14(3)26-12-11-22-16(26)5)19-9-10-20(18(8-2)25-19)24-15(4)21-6/h11-13H,7-10H2,1-6H3,(H,21,24)/b14-13+,23-17?. The van der Waals surface area contributed by atoms with Crippen LogP contribution < -0.4 is 5.32 Å². The molecule has 1 aliphatic heterocycles. The van der Waals surface area contributed by atoms with Gasteiger partial charge in [-0.1, -0.05) is 13.8 Å². The molecule has 0 unspecified atom stereocenters. The van der Waals surface area contributed by atoms with Crippen molar-refractivity contribution in [2.45, 2.75) is 60.3 Å². The van der Waals surface area contributed by atoms with Crippen molar-refractivity contribution in [1.82, 2.24) is 14.9 Å². The van der Waals surface area contributed by atoms with Gasteiger partial charge in [0.1, 0.15) is 5.82 Å². The van der Waals surface area contributed by atoms with Crippen molar-refractivity contribution in [1.29, 1.82) is 0 Å². The van der Waals surface area contributed by atoms with E-state index in [0.717, 1.165) is 60.2 Å². The fraction of sp³-hybridized carbons (Fsp3) is 0.500. The van der Waals surface area contributed by atoms with E-state index in [1.807, 2.05) is 37.7 Å². The lowest BCUT2D eigenvalue weighted by Crippen LogP contribution is -2.26. The Balaban J connectivity index is 2.28. The smallest absolute Gasteiger partial charge is 0.109 e. The number of rotatable bonds is 6. The Morgan fingerprint density at radius 2 is 2.08 bits per heavy atom. The third kappa shape index (κ3) is 4.77. The Bertz CT molecular complexity index is 789. The summed E-state index contributed by atoms with van der Waals surface area (Å²) in [5.74, 6) is 1.88. The summed E-state index contributed by atoms with van der Waals surface area (Å²) in [4.78, 5) is 18.1. The van der Waals surface area contributed by atoms with Crippen LogP contribution in [0, 0.1) is 6.92 Å². The molecule has 0 fully saturated rings. The highest BCUT2D eigenvalue weighted by Gasteiger charge is 2.17. The molecule has 1 aromatic rings. The van der Waals surface area contributed by atoms with Crippen LogP contribution in [0.25, 0.3) is 5.70 Å². The van der Waals surface area contributed by atoms with E-state index in [9.17, 15) is 0 Å². The van der Waals surface area contributed by atoms with Crippen LogP contribution >= 0.6 is 0 Å². The molecule has 6 heteroatoms. The predicted octanol–water partition coefficient (Wildman–Crippen LogP) is 4.36. The number of aryl methyl sites for hydroxylation is 1. The highest BCUT2D eigenvalue weighted by atomic mass is 15.1. The Labute approximate surface area is 156 Å². The highest BCUT2D eigenvalue weighted by molar-refractivity contribution is 6.42. The van der Waals surface area contributed by atoms with Crippen LogP contribution in [0.15, 0.2) is 45.0 Å². The number of aromatic nitrogens is 2. The molecule has 1 aliphatic rings.